The third kappa shape index (κ3) is 12.2. The first-order chi connectivity index (χ1) is 18.8. The van der Waals surface area contributed by atoms with Crippen LogP contribution < -0.4 is 16.0 Å². The normalized spacial score (nSPS) is 12.7. The molecule has 0 radical (unpaired) electrons. The van der Waals surface area contributed by atoms with E-state index in [0.717, 1.165) is 5.56 Å². The van der Waals surface area contributed by atoms with Gasteiger partial charge in [-0.15, -0.1) is 0 Å². The molecule has 0 aliphatic heterocycles. The predicted octanol–water partition coefficient (Wildman–Crippen LogP) is 1.91. The van der Waals surface area contributed by atoms with E-state index in [4.69, 9.17) is 4.74 Å². The van der Waals surface area contributed by atoms with Crippen molar-refractivity contribution in [3.05, 3.63) is 66.0 Å². The van der Waals surface area contributed by atoms with Crippen LogP contribution in [-0.2, 0) is 20.7 Å². The van der Waals surface area contributed by atoms with Gasteiger partial charge in [-0.25, -0.2) is 4.79 Å². The lowest BCUT2D eigenvalue weighted by atomic mass is 10.0. The number of hydrogen-bond donors (Lipinski definition) is 4. The zero-order valence-corrected chi connectivity index (χ0v) is 23.8. The van der Waals surface area contributed by atoms with Gasteiger partial charge in [0.15, 0.2) is 0 Å². The highest BCUT2D eigenvalue weighted by Crippen LogP contribution is 2.14. The lowest BCUT2D eigenvalue weighted by molar-refractivity contribution is -0.126. The highest BCUT2D eigenvalue weighted by atomic mass is 16.6. The Labute approximate surface area is 235 Å². The topological polar surface area (TPSA) is 150 Å². The van der Waals surface area contributed by atoms with Gasteiger partial charge in [0.05, 0.1) is 31.8 Å². The number of carbonyl (C=O) groups is 4. The number of aromatic nitrogens is 1. The number of ether oxygens (including phenoxy) is 1. The summed E-state index contributed by atoms with van der Waals surface area (Å²) in [6.45, 7) is 8.82. The molecule has 0 aliphatic rings. The molecule has 1 aromatic heterocycles. The quantitative estimate of drug-likeness (QED) is 0.295. The van der Waals surface area contributed by atoms with Crippen molar-refractivity contribution >= 4 is 23.8 Å². The van der Waals surface area contributed by atoms with Crippen molar-refractivity contribution in [2.24, 2.45) is 5.92 Å². The van der Waals surface area contributed by atoms with E-state index in [2.05, 4.69) is 20.9 Å². The Kier molecular flexibility index (Phi) is 12.5. The van der Waals surface area contributed by atoms with Crippen molar-refractivity contribution in [3.63, 3.8) is 0 Å². The van der Waals surface area contributed by atoms with Crippen LogP contribution in [0.3, 0.4) is 0 Å². The van der Waals surface area contributed by atoms with Gasteiger partial charge >= 0.3 is 6.09 Å². The van der Waals surface area contributed by atoms with Gasteiger partial charge in [-0.05, 0) is 50.8 Å². The maximum atomic E-state index is 12.8. The van der Waals surface area contributed by atoms with Crippen LogP contribution in [0.25, 0.3) is 0 Å². The summed E-state index contributed by atoms with van der Waals surface area (Å²) in [6, 6.07) is 13.4. The van der Waals surface area contributed by atoms with Crippen LogP contribution in [0.1, 0.15) is 50.7 Å². The SMILES string of the molecule is CC(C)CN(CC(O)C(Cc1ccccc1)NC(=O)CNC(=O)CNC(=O)c1ccccn1)C(=O)OC(C)(C)C. The zero-order chi connectivity index (χ0) is 29.7. The molecule has 0 saturated carbocycles. The molecule has 4 amide bonds. The molecule has 40 heavy (non-hydrogen) atoms. The summed E-state index contributed by atoms with van der Waals surface area (Å²) in [6.07, 6.45) is 0.0924. The second-order valence-electron chi connectivity index (χ2n) is 10.9. The largest absolute Gasteiger partial charge is 0.444 e. The van der Waals surface area contributed by atoms with Crippen LogP contribution >= 0.6 is 0 Å². The Hall–Kier alpha value is -3.99. The zero-order valence-electron chi connectivity index (χ0n) is 23.8. The second-order valence-corrected chi connectivity index (χ2v) is 10.9. The number of pyridine rings is 1. The van der Waals surface area contributed by atoms with E-state index >= 15 is 0 Å². The van der Waals surface area contributed by atoms with E-state index in [-0.39, 0.29) is 31.2 Å². The van der Waals surface area contributed by atoms with Crippen molar-refractivity contribution in [3.8, 4) is 0 Å². The van der Waals surface area contributed by atoms with Crippen LogP contribution in [0.2, 0.25) is 0 Å². The van der Waals surface area contributed by atoms with E-state index < -0.39 is 41.6 Å². The Balaban J connectivity index is 2.01. The van der Waals surface area contributed by atoms with E-state index in [9.17, 15) is 24.3 Å². The molecule has 218 valence electrons. The molecule has 2 rings (SSSR count). The lowest BCUT2D eigenvalue weighted by Crippen LogP contribution is -2.53. The van der Waals surface area contributed by atoms with Crippen LogP contribution in [-0.4, -0.2) is 82.7 Å². The number of nitrogens with one attached hydrogen (secondary N) is 3. The van der Waals surface area contributed by atoms with Crippen molar-refractivity contribution in [1.29, 1.82) is 0 Å². The van der Waals surface area contributed by atoms with Crippen molar-refractivity contribution in [2.75, 3.05) is 26.2 Å². The van der Waals surface area contributed by atoms with Crippen molar-refractivity contribution < 1.29 is 29.0 Å². The molecule has 4 N–H and O–H groups in total. The number of rotatable bonds is 13. The van der Waals surface area contributed by atoms with E-state index in [0.29, 0.717) is 13.0 Å². The van der Waals surface area contributed by atoms with Crippen LogP contribution in [0.5, 0.6) is 0 Å². The van der Waals surface area contributed by atoms with Gasteiger partial charge in [-0.2, -0.15) is 0 Å². The van der Waals surface area contributed by atoms with E-state index in [1.54, 1.807) is 32.9 Å². The Bertz CT molecular complexity index is 1100. The number of amides is 4. The molecule has 11 nitrogen and oxygen atoms in total. The molecule has 2 unspecified atom stereocenters. The maximum Gasteiger partial charge on any atom is 0.410 e. The van der Waals surface area contributed by atoms with Crippen LogP contribution in [0, 0.1) is 5.92 Å². The summed E-state index contributed by atoms with van der Waals surface area (Å²) in [5.41, 5.74) is 0.342. The fourth-order valence-corrected chi connectivity index (χ4v) is 3.74. The molecule has 0 fully saturated rings. The highest BCUT2D eigenvalue weighted by molar-refractivity contribution is 5.95. The minimum absolute atomic E-state index is 0.0587. The number of nitrogens with zero attached hydrogens (tertiary/aromatic N) is 2. The maximum absolute atomic E-state index is 12.8. The minimum atomic E-state index is -1.12. The third-order valence-corrected chi connectivity index (χ3v) is 5.51. The van der Waals surface area contributed by atoms with Crippen LogP contribution in [0.15, 0.2) is 54.7 Å². The number of aliphatic hydroxyl groups is 1. The number of carbonyl (C=O) groups excluding carboxylic acids is 4. The van der Waals surface area contributed by atoms with Crippen molar-refractivity contribution in [2.45, 2.75) is 58.8 Å². The van der Waals surface area contributed by atoms with Gasteiger partial charge in [0, 0.05) is 12.7 Å². The van der Waals surface area contributed by atoms with Gasteiger partial charge < -0.3 is 30.7 Å². The van der Waals surface area contributed by atoms with Gasteiger partial charge in [-0.1, -0.05) is 50.2 Å². The predicted molar refractivity (Wildman–Crippen MR) is 150 cm³/mol. The third-order valence-electron chi connectivity index (χ3n) is 5.51. The molecule has 1 aromatic carbocycles. The van der Waals surface area contributed by atoms with Gasteiger partial charge in [0.1, 0.15) is 11.3 Å². The molecule has 0 saturated heterocycles. The molecule has 1 heterocycles. The second kappa shape index (κ2) is 15.6. The summed E-state index contributed by atoms with van der Waals surface area (Å²) in [7, 11) is 0. The number of benzene rings is 1. The first kappa shape index (κ1) is 32.2. The average molecular weight is 556 g/mol. The molecule has 0 spiro atoms. The van der Waals surface area contributed by atoms with Gasteiger partial charge in [0.25, 0.3) is 5.91 Å². The number of hydrogen-bond acceptors (Lipinski definition) is 7. The van der Waals surface area contributed by atoms with Gasteiger partial charge in [-0.3, -0.25) is 19.4 Å². The number of aliphatic hydroxyl groups excluding tert-OH is 1. The fraction of sp³-hybridized carbons (Fsp3) is 0.483. The molecular weight excluding hydrogens is 514 g/mol. The average Bonchev–Trinajstić information content (AvgIpc) is 2.89. The molecule has 2 atom stereocenters. The highest BCUT2D eigenvalue weighted by Gasteiger charge is 2.29. The Morgan fingerprint density at radius 3 is 2.17 bits per heavy atom. The summed E-state index contributed by atoms with van der Waals surface area (Å²) < 4.78 is 5.52. The smallest absolute Gasteiger partial charge is 0.410 e. The van der Waals surface area contributed by atoms with Gasteiger partial charge in [0.2, 0.25) is 11.8 Å². The molecule has 11 heteroatoms. The van der Waals surface area contributed by atoms with E-state index in [1.807, 2.05) is 44.2 Å². The summed E-state index contributed by atoms with van der Waals surface area (Å²) in [4.78, 5) is 55.2. The summed E-state index contributed by atoms with van der Waals surface area (Å²) in [5.74, 6) is -1.48. The fourth-order valence-electron chi connectivity index (χ4n) is 3.74. The standard InChI is InChI=1S/C29H41N5O6/c1-20(2)18-34(28(39)40-29(3,4)5)19-24(35)23(15-21-11-7-6-8-12-21)33-26(37)17-31-25(36)16-32-27(38)22-13-9-10-14-30-22/h6-14,20,23-24,35H,15-19H2,1-5H3,(H,31,36)(H,32,38)(H,33,37). The van der Waals surface area contributed by atoms with Crippen LogP contribution in [0.4, 0.5) is 4.79 Å². The Morgan fingerprint density at radius 1 is 0.925 bits per heavy atom. The lowest BCUT2D eigenvalue weighted by Gasteiger charge is -2.32. The first-order valence-corrected chi connectivity index (χ1v) is 13.3. The molecule has 0 aliphatic carbocycles. The van der Waals surface area contributed by atoms with E-state index in [1.165, 1.54) is 17.2 Å². The molecular formula is C29H41N5O6. The monoisotopic (exact) mass is 555 g/mol. The first-order valence-electron chi connectivity index (χ1n) is 13.3. The molecule has 0 bridgehead atoms. The molecule has 2 aromatic rings. The minimum Gasteiger partial charge on any atom is -0.444 e. The summed E-state index contributed by atoms with van der Waals surface area (Å²) in [5, 5.41) is 18.9. The van der Waals surface area contributed by atoms with Crippen molar-refractivity contribution in [1.82, 2.24) is 25.8 Å². The summed E-state index contributed by atoms with van der Waals surface area (Å²) >= 11 is 0. The Morgan fingerprint density at radius 2 is 1.57 bits per heavy atom.